The van der Waals surface area contributed by atoms with E-state index in [1.807, 2.05) is 48.5 Å². The van der Waals surface area contributed by atoms with Crippen LogP contribution in [0.3, 0.4) is 0 Å². The number of amides is 2. The predicted molar refractivity (Wildman–Crippen MR) is 161 cm³/mol. The maximum Gasteiger partial charge on any atom is 0.254 e. The van der Waals surface area contributed by atoms with Crippen molar-refractivity contribution in [3.8, 4) is 0 Å². The van der Waals surface area contributed by atoms with Crippen molar-refractivity contribution in [2.75, 3.05) is 26.2 Å². The summed E-state index contributed by atoms with van der Waals surface area (Å²) in [4.78, 5) is 29.1. The molecule has 37 heavy (non-hydrogen) atoms. The predicted octanol–water partition coefficient (Wildman–Crippen LogP) is 4.86. The normalized spacial score (nSPS) is 11.4. The van der Waals surface area contributed by atoms with E-state index in [0.717, 1.165) is 10.4 Å². The lowest BCUT2D eigenvalue weighted by Gasteiger charge is -2.34. The van der Waals surface area contributed by atoms with Crippen LogP contribution in [0.15, 0.2) is 99.2 Å². The minimum atomic E-state index is -2.28. The Balaban J connectivity index is 2.19. The Hall–Kier alpha value is -3.27. The molecule has 0 N–H and O–H groups in total. The van der Waals surface area contributed by atoms with Gasteiger partial charge in [0.1, 0.15) is 0 Å². The van der Waals surface area contributed by atoms with Gasteiger partial charge in [-0.1, -0.05) is 48.6 Å². The zero-order valence-electron chi connectivity index (χ0n) is 22.7. The summed E-state index contributed by atoms with van der Waals surface area (Å²) >= 11 is 0. The number of carbonyl (C=O) groups is 2. The van der Waals surface area contributed by atoms with Gasteiger partial charge in [0, 0.05) is 37.3 Å². The molecule has 0 saturated heterocycles. The third-order valence-corrected chi connectivity index (χ3v) is 13.7. The summed E-state index contributed by atoms with van der Waals surface area (Å²) in [6.07, 6.45) is 6.86. The third-order valence-electron chi connectivity index (χ3n) is 6.14. The number of hydrogen-bond donors (Lipinski definition) is 0. The van der Waals surface area contributed by atoms with Gasteiger partial charge >= 0.3 is 0 Å². The van der Waals surface area contributed by atoms with Gasteiger partial charge in [-0.05, 0) is 60.8 Å². The van der Waals surface area contributed by atoms with E-state index < -0.39 is 16.6 Å². The van der Waals surface area contributed by atoms with Gasteiger partial charge in [-0.25, -0.2) is 0 Å². The van der Waals surface area contributed by atoms with E-state index in [1.54, 1.807) is 34.1 Å². The number of hydrogen-bond acceptors (Lipinski definition) is 3. The SMILES string of the molecule is C=CCN(CC=C)C(=O)c1ccc([Si](C)(C)O[Si](C)(C)c2ccc(C(=O)N(CC=C)CC=C)cc2)cc1. The summed E-state index contributed by atoms with van der Waals surface area (Å²) < 4.78 is 6.88. The van der Waals surface area contributed by atoms with Crippen molar-refractivity contribution >= 4 is 38.8 Å². The summed E-state index contributed by atoms with van der Waals surface area (Å²) in [5.41, 5.74) is 1.27. The van der Waals surface area contributed by atoms with Gasteiger partial charge in [0.25, 0.3) is 11.8 Å². The second-order valence-electron chi connectivity index (χ2n) is 9.85. The molecule has 0 unspecified atom stereocenters. The molecule has 2 rings (SSSR count). The van der Waals surface area contributed by atoms with E-state index in [-0.39, 0.29) is 11.8 Å². The molecule has 0 aliphatic rings. The lowest BCUT2D eigenvalue weighted by atomic mass is 10.2. The van der Waals surface area contributed by atoms with Crippen LogP contribution >= 0.6 is 0 Å². The average molecular weight is 533 g/mol. The minimum absolute atomic E-state index is 0.0455. The minimum Gasteiger partial charge on any atom is -0.449 e. The van der Waals surface area contributed by atoms with Gasteiger partial charge in [0.05, 0.1) is 0 Å². The molecule has 0 aliphatic heterocycles. The fourth-order valence-electron chi connectivity index (χ4n) is 4.25. The molecule has 0 atom stereocenters. The number of benzene rings is 2. The first kappa shape index (κ1) is 30.0. The first-order valence-electron chi connectivity index (χ1n) is 12.4. The van der Waals surface area contributed by atoms with Gasteiger partial charge in [-0.2, -0.15) is 0 Å². The molecule has 196 valence electrons. The summed E-state index contributed by atoms with van der Waals surface area (Å²) in [7, 11) is -4.56. The van der Waals surface area contributed by atoms with E-state index in [0.29, 0.717) is 37.3 Å². The lowest BCUT2D eigenvalue weighted by Crippen LogP contribution is -2.57. The molecule has 0 saturated carbocycles. The van der Waals surface area contributed by atoms with Crippen molar-refractivity contribution in [3.05, 3.63) is 110 Å². The van der Waals surface area contributed by atoms with Gasteiger partial charge < -0.3 is 13.9 Å². The van der Waals surface area contributed by atoms with Crippen LogP contribution in [-0.2, 0) is 4.12 Å². The zero-order chi connectivity index (χ0) is 27.6. The van der Waals surface area contributed by atoms with Crippen molar-refractivity contribution in [2.24, 2.45) is 0 Å². The van der Waals surface area contributed by atoms with Crippen LogP contribution in [0.4, 0.5) is 0 Å². The maximum atomic E-state index is 12.9. The van der Waals surface area contributed by atoms with E-state index in [2.05, 4.69) is 52.5 Å². The number of nitrogens with zero attached hydrogens (tertiary/aromatic N) is 2. The summed E-state index contributed by atoms with van der Waals surface area (Å²) in [6, 6.07) is 15.6. The Labute approximate surface area is 224 Å². The van der Waals surface area contributed by atoms with E-state index in [1.165, 1.54) is 0 Å². The standard InChI is InChI=1S/C30H40N2O3Si2/c1-9-21-31(22-10-2)29(33)25-13-17-27(18-14-25)36(5,6)35-37(7,8)28-19-15-26(16-20-28)30(34)32(23-11-3)24-12-4/h9-20H,1-4,21-24H2,5-8H3. The largest absolute Gasteiger partial charge is 0.449 e. The highest BCUT2D eigenvalue weighted by molar-refractivity contribution is 6.96. The Morgan fingerprint density at radius 3 is 1.14 bits per heavy atom. The monoisotopic (exact) mass is 532 g/mol. The van der Waals surface area contributed by atoms with Gasteiger partial charge in [-0.15, -0.1) is 26.3 Å². The van der Waals surface area contributed by atoms with Crippen LogP contribution < -0.4 is 10.4 Å². The average Bonchev–Trinajstić information content (AvgIpc) is 2.87. The highest BCUT2D eigenvalue weighted by atomic mass is 28.4. The fraction of sp³-hybridized carbons (Fsp3) is 0.267. The van der Waals surface area contributed by atoms with Crippen LogP contribution in [0.25, 0.3) is 0 Å². The van der Waals surface area contributed by atoms with E-state index in [9.17, 15) is 9.59 Å². The molecule has 0 spiro atoms. The van der Waals surface area contributed by atoms with E-state index >= 15 is 0 Å². The molecular formula is C30H40N2O3Si2. The van der Waals surface area contributed by atoms with Crippen molar-refractivity contribution < 1.29 is 13.7 Å². The molecule has 0 aliphatic carbocycles. The highest BCUT2D eigenvalue weighted by Crippen LogP contribution is 2.17. The summed E-state index contributed by atoms with van der Waals surface area (Å²) in [5, 5.41) is 2.25. The Morgan fingerprint density at radius 2 is 0.892 bits per heavy atom. The second kappa shape index (κ2) is 13.3. The molecule has 2 aromatic carbocycles. The van der Waals surface area contributed by atoms with Crippen molar-refractivity contribution in [1.29, 1.82) is 0 Å². The number of rotatable bonds is 14. The van der Waals surface area contributed by atoms with Gasteiger partial charge in [0.2, 0.25) is 16.6 Å². The molecule has 0 aromatic heterocycles. The topological polar surface area (TPSA) is 49.9 Å². The second-order valence-corrected chi connectivity index (χ2v) is 17.9. The van der Waals surface area contributed by atoms with Crippen molar-refractivity contribution in [1.82, 2.24) is 9.80 Å². The smallest absolute Gasteiger partial charge is 0.254 e. The quantitative estimate of drug-likeness (QED) is 0.258. The van der Waals surface area contributed by atoms with E-state index in [4.69, 9.17) is 4.12 Å². The van der Waals surface area contributed by atoms with Crippen molar-refractivity contribution in [3.63, 3.8) is 0 Å². The summed E-state index contributed by atoms with van der Waals surface area (Å²) in [5.74, 6) is -0.0911. The fourth-order valence-corrected chi connectivity index (χ4v) is 12.2. The molecule has 2 amide bonds. The summed E-state index contributed by atoms with van der Waals surface area (Å²) in [6.45, 7) is 25.6. The number of carbonyl (C=O) groups excluding carboxylic acids is 2. The zero-order valence-corrected chi connectivity index (χ0v) is 24.7. The van der Waals surface area contributed by atoms with Gasteiger partial charge in [-0.3, -0.25) is 9.59 Å². The Kier molecular flexibility index (Phi) is 10.8. The molecular weight excluding hydrogens is 493 g/mol. The van der Waals surface area contributed by atoms with Crippen LogP contribution in [0, 0.1) is 0 Å². The molecule has 0 bridgehead atoms. The molecule has 5 nitrogen and oxygen atoms in total. The van der Waals surface area contributed by atoms with Crippen LogP contribution in [-0.4, -0.2) is 64.4 Å². The Bertz CT molecular complexity index is 1010. The first-order chi connectivity index (χ1) is 17.5. The third kappa shape index (κ3) is 7.86. The van der Waals surface area contributed by atoms with Gasteiger partial charge in [0.15, 0.2) is 0 Å². The van der Waals surface area contributed by atoms with Crippen LogP contribution in [0.2, 0.25) is 26.2 Å². The maximum absolute atomic E-state index is 12.9. The van der Waals surface area contributed by atoms with Crippen LogP contribution in [0.5, 0.6) is 0 Å². The first-order valence-corrected chi connectivity index (χ1v) is 18.3. The van der Waals surface area contributed by atoms with Crippen molar-refractivity contribution in [2.45, 2.75) is 26.2 Å². The molecule has 7 heteroatoms. The lowest BCUT2D eigenvalue weighted by molar-refractivity contribution is 0.0783. The Morgan fingerprint density at radius 1 is 0.622 bits per heavy atom. The van der Waals surface area contributed by atoms with Crippen LogP contribution in [0.1, 0.15) is 20.7 Å². The highest BCUT2D eigenvalue weighted by Gasteiger charge is 2.36. The molecule has 0 fully saturated rings. The molecule has 0 radical (unpaired) electrons. The molecule has 0 heterocycles. The molecule has 2 aromatic rings.